The predicted octanol–water partition coefficient (Wildman–Crippen LogP) is 0.670. The van der Waals surface area contributed by atoms with Gasteiger partial charge in [-0.2, -0.15) is 0 Å². The van der Waals surface area contributed by atoms with Crippen molar-refractivity contribution in [2.45, 2.75) is 37.1 Å². The van der Waals surface area contributed by atoms with Crippen LogP contribution in [-0.2, 0) is 16.9 Å². The van der Waals surface area contributed by atoms with Crippen molar-refractivity contribution < 1.29 is 19.7 Å². The first-order valence-electron chi connectivity index (χ1n) is 8.89. The molecule has 0 radical (unpaired) electrons. The monoisotopic (exact) mass is 357 g/mol. The molecule has 2 aromatic rings. The Bertz CT molecular complexity index is 756. The standard InChI is InChI=1S/C19H23N3O4/c23-17-8-13(9-22-6-5-20-12-22)7-16(17)21-18(24)14-1-3-15(4-2-14)19(25)10-26-11-19/h1-6,12-13,16-17,23,25H,7-11H2,(H,21,24)/t13?,16-,17-/m1/s1. The van der Waals surface area contributed by atoms with Crippen molar-refractivity contribution in [1.82, 2.24) is 14.9 Å². The minimum absolute atomic E-state index is 0.208. The Morgan fingerprint density at radius 3 is 2.69 bits per heavy atom. The van der Waals surface area contributed by atoms with E-state index in [-0.39, 0.29) is 25.2 Å². The molecule has 1 saturated heterocycles. The SMILES string of the molecule is O=C(N[C@@H]1CC(Cn2ccnc2)C[C@H]1O)c1ccc(C2(O)COC2)cc1. The lowest BCUT2D eigenvalue weighted by molar-refractivity contribution is -0.184. The molecule has 1 aliphatic heterocycles. The van der Waals surface area contributed by atoms with Gasteiger partial charge >= 0.3 is 0 Å². The van der Waals surface area contributed by atoms with Crippen LogP contribution in [0.1, 0.15) is 28.8 Å². The highest BCUT2D eigenvalue weighted by Crippen LogP contribution is 2.30. The van der Waals surface area contributed by atoms with Gasteiger partial charge in [0.1, 0.15) is 5.60 Å². The summed E-state index contributed by atoms with van der Waals surface area (Å²) in [5.41, 5.74) is 0.335. The summed E-state index contributed by atoms with van der Waals surface area (Å²) in [6.07, 6.45) is 6.26. The average molecular weight is 357 g/mol. The maximum Gasteiger partial charge on any atom is 0.251 e. The van der Waals surface area contributed by atoms with Crippen LogP contribution in [0.4, 0.5) is 0 Å². The van der Waals surface area contributed by atoms with Crippen molar-refractivity contribution in [3.05, 3.63) is 54.1 Å². The van der Waals surface area contributed by atoms with E-state index in [0.717, 1.165) is 18.5 Å². The zero-order valence-corrected chi connectivity index (χ0v) is 14.4. The number of amides is 1. The maximum atomic E-state index is 12.5. The summed E-state index contributed by atoms with van der Waals surface area (Å²) < 4.78 is 7.05. The third-order valence-corrected chi connectivity index (χ3v) is 5.34. The molecule has 2 aliphatic rings. The van der Waals surface area contributed by atoms with Crippen LogP contribution in [-0.4, -0.2) is 51.0 Å². The Morgan fingerprint density at radius 2 is 2.08 bits per heavy atom. The van der Waals surface area contributed by atoms with Crippen molar-refractivity contribution in [3.63, 3.8) is 0 Å². The Kier molecular flexibility index (Phi) is 4.52. The molecule has 4 rings (SSSR count). The van der Waals surface area contributed by atoms with Crippen LogP contribution < -0.4 is 5.32 Å². The molecule has 7 nitrogen and oxygen atoms in total. The molecule has 0 bridgehead atoms. The topological polar surface area (TPSA) is 96.6 Å². The van der Waals surface area contributed by atoms with Crippen LogP contribution in [0.3, 0.4) is 0 Å². The molecule has 2 heterocycles. The zero-order chi connectivity index (χ0) is 18.1. The second-order valence-corrected chi connectivity index (χ2v) is 7.35. The highest BCUT2D eigenvalue weighted by atomic mass is 16.5. The van der Waals surface area contributed by atoms with E-state index in [1.54, 1.807) is 36.8 Å². The first kappa shape index (κ1) is 17.2. The number of aromatic nitrogens is 2. The number of carbonyl (C=O) groups is 1. The second kappa shape index (κ2) is 6.83. The molecule has 1 aromatic carbocycles. The molecule has 1 amide bonds. The van der Waals surface area contributed by atoms with Crippen LogP contribution >= 0.6 is 0 Å². The summed E-state index contributed by atoms with van der Waals surface area (Å²) in [7, 11) is 0. The molecule has 1 unspecified atom stereocenters. The van der Waals surface area contributed by atoms with Gasteiger partial charge in [-0.3, -0.25) is 4.79 Å². The van der Waals surface area contributed by atoms with E-state index in [1.807, 2.05) is 10.8 Å². The molecule has 3 N–H and O–H groups in total. The molecule has 1 aliphatic carbocycles. The summed E-state index contributed by atoms with van der Waals surface area (Å²) >= 11 is 0. The molecule has 1 aromatic heterocycles. The molecule has 138 valence electrons. The Balaban J connectivity index is 1.35. The first-order valence-corrected chi connectivity index (χ1v) is 8.89. The molecule has 7 heteroatoms. The molecule has 1 saturated carbocycles. The number of rotatable bonds is 5. The highest BCUT2D eigenvalue weighted by molar-refractivity contribution is 5.94. The molecule has 0 spiro atoms. The Hall–Kier alpha value is -2.22. The van der Waals surface area contributed by atoms with Crippen LogP contribution in [0.5, 0.6) is 0 Å². The van der Waals surface area contributed by atoms with E-state index in [2.05, 4.69) is 10.3 Å². The quantitative estimate of drug-likeness (QED) is 0.731. The van der Waals surface area contributed by atoms with E-state index in [9.17, 15) is 15.0 Å². The lowest BCUT2D eigenvalue weighted by Crippen LogP contribution is -2.46. The normalized spacial score (nSPS) is 27.1. The van der Waals surface area contributed by atoms with Gasteiger partial charge in [-0.15, -0.1) is 0 Å². The smallest absolute Gasteiger partial charge is 0.251 e. The lowest BCUT2D eigenvalue weighted by atomic mass is 9.91. The summed E-state index contributed by atoms with van der Waals surface area (Å²) in [6, 6.07) is 6.66. The number of nitrogens with zero attached hydrogens (tertiary/aromatic N) is 2. The number of hydrogen-bond donors (Lipinski definition) is 3. The largest absolute Gasteiger partial charge is 0.391 e. The number of carbonyl (C=O) groups excluding carboxylic acids is 1. The number of imidazole rings is 1. The fraction of sp³-hybridized carbons (Fsp3) is 0.474. The summed E-state index contributed by atoms with van der Waals surface area (Å²) in [4.78, 5) is 16.5. The zero-order valence-electron chi connectivity index (χ0n) is 14.4. The average Bonchev–Trinajstić information content (AvgIpc) is 3.23. The molecular weight excluding hydrogens is 334 g/mol. The van der Waals surface area contributed by atoms with Crippen LogP contribution in [0.25, 0.3) is 0 Å². The van der Waals surface area contributed by atoms with Gasteiger partial charge in [0.25, 0.3) is 5.91 Å². The number of aliphatic hydroxyl groups excluding tert-OH is 1. The van der Waals surface area contributed by atoms with Crippen molar-refractivity contribution in [3.8, 4) is 0 Å². The van der Waals surface area contributed by atoms with Crippen molar-refractivity contribution in [2.24, 2.45) is 5.92 Å². The minimum atomic E-state index is -0.933. The van der Waals surface area contributed by atoms with Crippen LogP contribution in [0, 0.1) is 5.92 Å². The van der Waals surface area contributed by atoms with Gasteiger partial charge in [-0.25, -0.2) is 4.98 Å². The third-order valence-electron chi connectivity index (χ3n) is 5.34. The Morgan fingerprint density at radius 1 is 1.31 bits per heavy atom. The Labute approximate surface area is 151 Å². The molecule has 26 heavy (non-hydrogen) atoms. The lowest BCUT2D eigenvalue weighted by Gasteiger charge is -2.36. The number of hydrogen-bond acceptors (Lipinski definition) is 5. The summed E-state index contributed by atoms with van der Waals surface area (Å²) in [5, 5.41) is 23.5. The number of benzene rings is 1. The van der Waals surface area contributed by atoms with Gasteiger partial charge in [-0.1, -0.05) is 12.1 Å². The first-order chi connectivity index (χ1) is 12.5. The van der Waals surface area contributed by atoms with E-state index >= 15 is 0 Å². The number of aliphatic hydroxyl groups is 2. The van der Waals surface area contributed by atoms with Crippen molar-refractivity contribution >= 4 is 5.91 Å². The number of ether oxygens (including phenoxy) is 1. The van der Waals surface area contributed by atoms with Gasteiger partial charge in [0.05, 0.1) is 31.7 Å². The van der Waals surface area contributed by atoms with Gasteiger partial charge in [0, 0.05) is 24.5 Å². The van der Waals surface area contributed by atoms with E-state index in [4.69, 9.17) is 4.74 Å². The van der Waals surface area contributed by atoms with E-state index in [0.29, 0.717) is 17.9 Å². The highest BCUT2D eigenvalue weighted by Gasteiger charge is 2.38. The second-order valence-electron chi connectivity index (χ2n) is 7.35. The van der Waals surface area contributed by atoms with Gasteiger partial charge < -0.3 is 24.8 Å². The molecule has 2 fully saturated rings. The van der Waals surface area contributed by atoms with Crippen LogP contribution in [0.2, 0.25) is 0 Å². The fourth-order valence-electron chi connectivity index (χ4n) is 3.76. The fourth-order valence-corrected chi connectivity index (χ4v) is 3.76. The van der Waals surface area contributed by atoms with Gasteiger partial charge in [0.2, 0.25) is 0 Å². The number of nitrogens with one attached hydrogen (secondary N) is 1. The van der Waals surface area contributed by atoms with Crippen molar-refractivity contribution in [2.75, 3.05) is 13.2 Å². The molecule has 3 atom stereocenters. The summed E-state index contributed by atoms with van der Waals surface area (Å²) in [6.45, 7) is 1.36. The van der Waals surface area contributed by atoms with Gasteiger partial charge in [-0.05, 0) is 36.5 Å². The van der Waals surface area contributed by atoms with Crippen LogP contribution in [0.15, 0.2) is 43.0 Å². The van der Waals surface area contributed by atoms with E-state index < -0.39 is 11.7 Å². The predicted molar refractivity (Wildman–Crippen MR) is 93.4 cm³/mol. The van der Waals surface area contributed by atoms with Crippen molar-refractivity contribution in [1.29, 1.82) is 0 Å². The minimum Gasteiger partial charge on any atom is -0.391 e. The summed E-state index contributed by atoms with van der Waals surface area (Å²) in [5.74, 6) is 0.0977. The van der Waals surface area contributed by atoms with E-state index in [1.165, 1.54) is 0 Å². The third kappa shape index (κ3) is 3.38. The molecular formula is C19H23N3O4. The van der Waals surface area contributed by atoms with Gasteiger partial charge in [0.15, 0.2) is 0 Å². The maximum absolute atomic E-state index is 12.5.